The number of halogens is 2. The van der Waals surface area contributed by atoms with E-state index in [1.807, 2.05) is 24.3 Å². The lowest BCUT2D eigenvalue weighted by atomic mass is 10.1. The van der Waals surface area contributed by atoms with Gasteiger partial charge in [-0.3, -0.25) is 4.79 Å². The van der Waals surface area contributed by atoms with Crippen molar-refractivity contribution in [2.45, 2.75) is 4.90 Å². The van der Waals surface area contributed by atoms with Crippen LogP contribution in [0.3, 0.4) is 0 Å². The highest BCUT2D eigenvalue weighted by Crippen LogP contribution is 2.36. The van der Waals surface area contributed by atoms with E-state index < -0.39 is 28.5 Å². The molecule has 39 heavy (non-hydrogen) atoms. The number of hydrogen-bond donors (Lipinski definition) is 1. The summed E-state index contributed by atoms with van der Waals surface area (Å²) in [6.45, 7) is 0.0880. The van der Waals surface area contributed by atoms with Gasteiger partial charge in [0.1, 0.15) is 21.8 Å². The number of carbonyl (C=O) groups excluding carboxylic acids is 2. The third kappa shape index (κ3) is 5.41. The summed E-state index contributed by atoms with van der Waals surface area (Å²) in [5, 5.41) is 4.08. The molecule has 0 bridgehead atoms. The Kier molecular flexibility index (Phi) is 7.70. The smallest absolute Gasteiger partial charge is 0.340 e. The molecular weight excluding hydrogens is 571 g/mol. The molecule has 10 nitrogen and oxygen atoms in total. The normalized spacial score (nSPS) is 14.4. The average molecular weight is 593 g/mol. The van der Waals surface area contributed by atoms with Gasteiger partial charge in [-0.1, -0.05) is 41.4 Å². The number of carbonyl (C=O) groups is 2. The van der Waals surface area contributed by atoms with Gasteiger partial charge in [0.2, 0.25) is 10.0 Å². The maximum atomic E-state index is 13.1. The van der Waals surface area contributed by atoms with Gasteiger partial charge < -0.3 is 23.9 Å². The molecule has 4 aromatic rings. The van der Waals surface area contributed by atoms with Crippen molar-refractivity contribution < 1.29 is 36.6 Å². The van der Waals surface area contributed by atoms with Gasteiger partial charge in [0.05, 0.1) is 41.6 Å². The molecule has 0 saturated carbocycles. The second-order valence-corrected chi connectivity index (χ2v) is 11.3. The van der Waals surface area contributed by atoms with E-state index in [-0.39, 0.29) is 46.8 Å². The Labute approximate surface area is 233 Å². The Morgan fingerprint density at radius 3 is 2.49 bits per heavy atom. The van der Waals surface area contributed by atoms with Gasteiger partial charge in [0.15, 0.2) is 6.61 Å². The van der Waals surface area contributed by atoms with Crippen molar-refractivity contribution in [1.82, 2.24) is 4.31 Å². The summed E-state index contributed by atoms with van der Waals surface area (Å²) in [5.74, 6) is -1.28. The minimum absolute atomic E-state index is 0.122. The molecule has 1 saturated heterocycles. The van der Waals surface area contributed by atoms with E-state index in [0.29, 0.717) is 22.6 Å². The van der Waals surface area contributed by atoms with Crippen LogP contribution in [-0.2, 0) is 24.3 Å². The molecule has 0 aliphatic carbocycles. The van der Waals surface area contributed by atoms with Crippen LogP contribution in [0.1, 0.15) is 10.4 Å². The van der Waals surface area contributed by atoms with Gasteiger partial charge in [-0.25, -0.2) is 13.2 Å². The maximum Gasteiger partial charge on any atom is 0.340 e. The van der Waals surface area contributed by atoms with Crippen LogP contribution in [0, 0.1) is 0 Å². The Balaban J connectivity index is 1.32. The number of methoxy groups -OCH3 is 1. The summed E-state index contributed by atoms with van der Waals surface area (Å²) in [4.78, 5) is 25.1. The Bertz CT molecular complexity index is 1700. The molecule has 1 aromatic heterocycles. The zero-order chi connectivity index (χ0) is 27.7. The van der Waals surface area contributed by atoms with E-state index >= 15 is 0 Å². The van der Waals surface area contributed by atoms with Crippen molar-refractivity contribution in [3.8, 4) is 5.75 Å². The Morgan fingerprint density at radius 2 is 1.74 bits per heavy atom. The van der Waals surface area contributed by atoms with Crippen molar-refractivity contribution in [3.63, 3.8) is 0 Å². The van der Waals surface area contributed by atoms with E-state index in [1.165, 1.54) is 11.4 Å². The molecule has 1 aliphatic heterocycles. The molecule has 1 aliphatic rings. The number of anilines is 1. The zero-order valence-electron chi connectivity index (χ0n) is 20.5. The lowest BCUT2D eigenvalue weighted by Gasteiger charge is -2.26. The van der Waals surface area contributed by atoms with E-state index in [2.05, 4.69) is 5.32 Å². The first kappa shape index (κ1) is 27.2. The average Bonchev–Trinajstić information content (AvgIpc) is 3.29. The summed E-state index contributed by atoms with van der Waals surface area (Å²) < 4.78 is 49.0. The number of ether oxygens (including phenoxy) is 3. The van der Waals surface area contributed by atoms with Crippen LogP contribution in [0.5, 0.6) is 5.75 Å². The van der Waals surface area contributed by atoms with Gasteiger partial charge >= 0.3 is 5.97 Å². The maximum absolute atomic E-state index is 13.1. The number of esters is 1. The number of amides is 1. The second kappa shape index (κ2) is 11.0. The van der Waals surface area contributed by atoms with Crippen molar-refractivity contribution in [2.24, 2.45) is 0 Å². The quantitative estimate of drug-likeness (QED) is 0.306. The van der Waals surface area contributed by atoms with Crippen LogP contribution in [0.4, 0.5) is 5.69 Å². The van der Waals surface area contributed by atoms with Crippen LogP contribution >= 0.6 is 23.2 Å². The summed E-state index contributed by atoms with van der Waals surface area (Å²) in [6, 6.07) is 13.1. The predicted octanol–water partition coefficient (Wildman–Crippen LogP) is 4.72. The molecule has 204 valence electrons. The molecular formula is C26H22Cl2N2O8S. The molecule has 5 rings (SSSR count). The van der Waals surface area contributed by atoms with Crippen molar-refractivity contribution in [2.75, 3.05) is 45.3 Å². The molecule has 3 aromatic carbocycles. The van der Waals surface area contributed by atoms with Gasteiger partial charge in [-0.05, 0) is 24.3 Å². The third-order valence-corrected chi connectivity index (χ3v) is 8.81. The fraction of sp³-hybridized carbons (Fsp3) is 0.231. The molecule has 0 radical (unpaired) electrons. The molecule has 13 heteroatoms. The predicted molar refractivity (Wildman–Crippen MR) is 145 cm³/mol. The van der Waals surface area contributed by atoms with Crippen molar-refractivity contribution >= 4 is 72.7 Å². The van der Waals surface area contributed by atoms with Crippen LogP contribution in [0.25, 0.3) is 21.9 Å². The summed E-state index contributed by atoms with van der Waals surface area (Å²) in [5.41, 5.74) is 1.28. The number of morpholine rings is 1. The van der Waals surface area contributed by atoms with Crippen LogP contribution in [0.2, 0.25) is 10.0 Å². The number of nitrogens with one attached hydrogen (secondary N) is 1. The zero-order valence-corrected chi connectivity index (χ0v) is 22.9. The fourth-order valence-electron chi connectivity index (χ4n) is 4.22. The summed E-state index contributed by atoms with van der Waals surface area (Å²) in [7, 11) is -2.56. The molecule has 1 amide bonds. The first-order valence-corrected chi connectivity index (χ1v) is 13.9. The molecule has 0 spiro atoms. The second-order valence-electron chi connectivity index (χ2n) is 8.55. The molecule has 0 atom stereocenters. The van der Waals surface area contributed by atoms with E-state index in [4.69, 9.17) is 41.8 Å². The highest BCUT2D eigenvalue weighted by atomic mass is 35.5. The van der Waals surface area contributed by atoms with Crippen molar-refractivity contribution in [3.05, 3.63) is 64.1 Å². The Hall–Kier alpha value is -3.35. The van der Waals surface area contributed by atoms with E-state index in [1.54, 1.807) is 12.1 Å². The number of nitrogens with zero attached hydrogens (tertiary/aromatic N) is 1. The van der Waals surface area contributed by atoms with E-state index in [9.17, 15) is 18.0 Å². The highest BCUT2D eigenvalue weighted by Gasteiger charge is 2.30. The standard InChI is InChI=1S/C26H22Cl2N2O8S/c1-35-23-10-16-15-4-2-3-5-21(15)38-22(16)13-20(23)29-25(31)14-37-26(32)17-11-24(19(28)12-18(17)27)39(33,34)30-6-8-36-9-7-30/h2-5,10-13H,6-9,14H2,1H3,(H,29,31). The van der Waals surface area contributed by atoms with E-state index in [0.717, 1.165) is 22.9 Å². The molecule has 2 heterocycles. The number of hydrogen-bond acceptors (Lipinski definition) is 8. The van der Waals surface area contributed by atoms with Crippen LogP contribution < -0.4 is 10.1 Å². The lowest BCUT2D eigenvalue weighted by Crippen LogP contribution is -2.40. The minimum atomic E-state index is -4.02. The number of para-hydroxylation sites is 1. The monoisotopic (exact) mass is 592 g/mol. The third-order valence-electron chi connectivity index (χ3n) is 6.14. The first-order chi connectivity index (χ1) is 18.7. The van der Waals surface area contributed by atoms with Gasteiger partial charge in [-0.2, -0.15) is 4.31 Å². The highest BCUT2D eigenvalue weighted by molar-refractivity contribution is 7.89. The number of rotatable bonds is 7. The summed E-state index contributed by atoms with van der Waals surface area (Å²) in [6.07, 6.45) is 0. The van der Waals surface area contributed by atoms with Crippen LogP contribution in [-0.4, -0.2) is 64.6 Å². The molecule has 1 N–H and O–H groups in total. The van der Waals surface area contributed by atoms with Gasteiger partial charge in [0, 0.05) is 29.9 Å². The van der Waals surface area contributed by atoms with Crippen LogP contribution in [0.15, 0.2) is 57.8 Å². The largest absolute Gasteiger partial charge is 0.495 e. The first-order valence-electron chi connectivity index (χ1n) is 11.7. The lowest BCUT2D eigenvalue weighted by molar-refractivity contribution is -0.119. The number of sulfonamides is 1. The van der Waals surface area contributed by atoms with Gasteiger partial charge in [-0.15, -0.1) is 0 Å². The number of furan rings is 1. The fourth-order valence-corrected chi connectivity index (χ4v) is 6.46. The SMILES string of the molecule is COc1cc2c(cc1NC(=O)COC(=O)c1cc(S(=O)(=O)N3CCOCC3)c(Cl)cc1Cl)oc1ccccc12. The molecule has 1 fully saturated rings. The number of benzene rings is 3. The van der Waals surface area contributed by atoms with Crippen molar-refractivity contribution in [1.29, 1.82) is 0 Å². The minimum Gasteiger partial charge on any atom is -0.495 e. The number of fused-ring (bicyclic) bond motifs is 3. The Morgan fingerprint density at radius 1 is 1.00 bits per heavy atom. The van der Waals surface area contributed by atoms with Gasteiger partial charge in [0.25, 0.3) is 5.91 Å². The molecule has 0 unspecified atom stereocenters. The topological polar surface area (TPSA) is 124 Å². The summed E-state index contributed by atoms with van der Waals surface area (Å²) >= 11 is 12.3.